The average Bonchev–Trinajstić information content (AvgIpc) is 2.03. The van der Waals surface area contributed by atoms with Crippen molar-refractivity contribution in [2.75, 3.05) is 6.61 Å². The summed E-state index contributed by atoms with van der Waals surface area (Å²) in [5.74, 6) is -2.33. The van der Waals surface area contributed by atoms with E-state index in [2.05, 4.69) is 4.74 Å². The first-order chi connectivity index (χ1) is 6.49. The van der Waals surface area contributed by atoms with Crippen LogP contribution >= 0.6 is 0 Å². The zero-order chi connectivity index (χ0) is 11.1. The molecule has 82 valence electrons. The van der Waals surface area contributed by atoms with Gasteiger partial charge in [-0.2, -0.15) is 0 Å². The van der Waals surface area contributed by atoms with Crippen LogP contribution < -0.4 is 0 Å². The summed E-state index contributed by atoms with van der Waals surface area (Å²) >= 11 is 0. The van der Waals surface area contributed by atoms with Crippen molar-refractivity contribution in [1.82, 2.24) is 0 Å². The van der Waals surface area contributed by atoms with Crippen LogP contribution in [0.15, 0.2) is 0 Å². The summed E-state index contributed by atoms with van der Waals surface area (Å²) < 4.78 is 4.68. The maximum absolute atomic E-state index is 11.2. The highest BCUT2D eigenvalue weighted by Crippen LogP contribution is 2.14. The number of hydrogen-bond donors (Lipinski definition) is 1. The summed E-state index contributed by atoms with van der Waals surface area (Å²) in [6.45, 7) is 5.87. The second-order valence-corrected chi connectivity index (χ2v) is 3.61. The monoisotopic (exact) mass is 202 g/mol. The van der Waals surface area contributed by atoms with E-state index in [9.17, 15) is 9.59 Å². The Hall–Kier alpha value is -1.06. The van der Waals surface area contributed by atoms with E-state index in [1.165, 1.54) is 0 Å². The highest BCUT2D eigenvalue weighted by Gasteiger charge is 2.27. The normalized spacial score (nSPS) is 12.6. The molecule has 0 aliphatic heterocycles. The van der Waals surface area contributed by atoms with Crippen molar-refractivity contribution in [1.29, 1.82) is 0 Å². The first kappa shape index (κ1) is 12.9. The van der Waals surface area contributed by atoms with Crippen LogP contribution in [0.2, 0.25) is 0 Å². The van der Waals surface area contributed by atoms with E-state index in [0.29, 0.717) is 12.3 Å². The number of hydrogen-bond acceptors (Lipinski definition) is 3. The van der Waals surface area contributed by atoms with E-state index < -0.39 is 17.9 Å². The standard InChI is InChI=1S/C10H18O4/c1-4-14-10(13)8(9(11)12)6-5-7(2)3/h7-8H,4-6H2,1-3H3,(H,11,12). The fourth-order valence-corrected chi connectivity index (χ4v) is 1.08. The Morgan fingerprint density at radius 1 is 1.29 bits per heavy atom. The van der Waals surface area contributed by atoms with Gasteiger partial charge in [0.2, 0.25) is 0 Å². The van der Waals surface area contributed by atoms with Crippen LogP contribution in [-0.2, 0) is 14.3 Å². The van der Waals surface area contributed by atoms with E-state index in [1.807, 2.05) is 13.8 Å². The summed E-state index contributed by atoms with van der Waals surface area (Å²) in [7, 11) is 0. The van der Waals surface area contributed by atoms with Gasteiger partial charge in [0, 0.05) is 0 Å². The summed E-state index contributed by atoms with van der Waals surface area (Å²) in [4.78, 5) is 21.9. The van der Waals surface area contributed by atoms with Gasteiger partial charge in [-0.1, -0.05) is 13.8 Å². The van der Waals surface area contributed by atoms with Crippen LogP contribution in [0.3, 0.4) is 0 Å². The average molecular weight is 202 g/mol. The molecule has 14 heavy (non-hydrogen) atoms. The number of aliphatic carboxylic acids is 1. The molecule has 0 radical (unpaired) electrons. The smallest absolute Gasteiger partial charge is 0.320 e. The Morgan fingerprint density at radius 3 is 2.21 bits per heavy atom. The number of esters is 1. The van der Waals surface area contributed by atoms with Crippen LogP contribution in [0.5, 0.6) is 0 Å². The van der Waals surface area contributed by atoms with Crippen molar-refractivity contribution >= 4 is 11.9 Å². The first-order valence-corrected chi connectivity index (χ1v) is 4.88. The lowest BCUT2D eigenvalue weighted by Crippen LogP contribution is -2.26. The van der Waals surface area contributed by atoms with Crippen LogP contribution in [0.25, 0.3) is 0 Å². The van der Waals surface area contributed by atoms with Crippen molar-refractivity contribution in [2.24, 2.45) is 11.8 Å². The van der Waals surface area contributed by atoms with Crippen LogP contribution in [-0.4, -0.2) is 23.7 Å². The molecular formula is C10H18O4. The number of ether oxygens (including phenoxy) is 1. The molecule has 0 heterocycles. The molecular weight excluding hydrogens is 184 g/mol. The number of rotatable bonds is 6. The molecule has 0 fully saturated rings. The molecule has 4 heteroatoms. The minimum atomic E-state index is -1.09. The molecule has 0 saturated heterocycles. The van der Waals surface area contributed by atoms with Gasteiger partial charge in [0.1, 0.15) is 0 Å². The molecule has 0 saturated carbocycles. The third kappa shape index (κ3) is 4.84. The van der Waals surface area contributed by atoms with Crippen molar-refractivity contribution < 1.29 is 19.4 Å². The van der Waals surface area contributed by atoms with Crippen LogP contribution in [0.1, 0.15) is 33.6 Å². The fourth-order valence-electron chi connectivity index (χ4n) is 1.08. The largest absolute Gasteiger partial charge is 0.481 e. The minimum absolute atomic E-state index is 0.226. The molecule has 0 aromatic rings. The van der Waals surface area contributed by atoms with E-state index in [-0.39, 0.29) is 6.61 Å². The van der Waals surface area contributed by atoms with E-state index in [4.69, 9.17) is 5.11 Å². The Kier molecular flexibility index (Phi) is 5.92. The Bertz CT molecular complexity index is 198. The van der Waals surface area contributed by atoms with Gasteiger partial charge < -0.3 is 9.84 Å². The van der Waals surface area contributed by atoms with Gasteiger partial charge in [-0.05, 0) is 25.7 Å². The Morgan fingerprint density at radius 2 is 1.86 bits per heavy atom. The lowest BCUT2D eigenvalue weighted by Gasteiger charge is -2.12. The van der Waals surface area contributed by atoms with E-state index in [0.717, 1.165) is 6.42 Å². The van der Waals surface area contributed by atoms with Crippen molar-refractivity contribution in [2.45, 2.75) is 33.6 Å². The predicted molar refractivity (Wildman–Crippen MR) is 51.8 cm³/mol. The van der Waals surface area contributed by atoms with Crippen molar-refractivity contribution in [3.05, 3.63) is 0 Å². The number of carbonyl (C=O) groups excluding carboxylic acids is 1. The number of carbonyl (C=O) groups is 2. The van der Waals surface area contributed by atoms with E-state index in [1.54, 1.807) is 6.92 Å². The highest BCUT2D eigenvalue weighted by molar-refractivity contribution is 5.93. The molecule has 1 atom stereocenters. The molecule has 0 spiro atoms. The third-order valence-corrected chi connectivity index (χ3v) is 1.90. The number of carboxylic acid groups (broad SMARTS) is 1. The molecule has 1 N–H and O–H groups in total. The van der Waals surface area contributed by atoms with Gasteiger partial charge in [-0.15, -0.1) is 0 Å². The van der Waals surface area contributed by atoms with Gasteiger partial charge in [-0.3, -0.25) is 9.59 Å². The lowest BCUT2D eigenvalue weighted by molar-refractivity contribution is -0.158. The van der Waals surface area contributed by atoms with Crippen molar-refractivity contribution in [3.63, 3.8) is 0 Å². The molecule has 0 aromatic heterocycles. The molecule has 0 amide bonds. The fraction of sp³-hybridized carbons (Fsp3) is 0.800. The van der Waals surface area contributed by atoms with Gasteiger partial charge >= 0.3 is 11.9 Å². The van der Waals surface area contributed by atoms with Crippen LogP contribution in [0.4, 0.5) is 0 Å². The first-order valence-electron chi connectivity index (χ1n) is 4.88. The second-order valence-electron chi connectivity index (χ2n) is 3.61. The van der Waals surface area contributed by atoms with Gasteiger partial charge in [0.05, 0.1) is 6.61 Å². The Labute approximate surface area is 84.3 Å². The molecule has 0 bridgehead atoms. The van der Waals surface area contributed by atoms with Gasteiger partial charge in [0.25, 0.3) is 0 Å². The molecule has 0 aromatic carbocycles. The maximum atomic E-state index is 11.2. The van der Waals surface area contributed by atoms with E-state index >= 15 is 0 Å². The molecule has 0 aliphatic rings. The van der Waals surface area contributed by atoms with Crippen molar-refractivity contribution in [3.8, 4) is 0 Å². The minimum Gasteiger partial charge on any atom is -0.481 e. The molecule has 0 rings (SSSR count). The molecule has 0 aliphatic carbocycles. The second kappa shape index (κ2) is 6.40. The topological polar surface area (TPSA) is 63.6 Å². The van der Waals surface area contributed by atoms with Gasteiger partial charge in [-0.25, -0.2) is 0 Å². The highest BCUT2D eigenvalue weighted by atomic mass is 16.5. The predicted octanol–water partition coefficient (Wildman–Crippen LogP) is 1.69. The molecule has 1 unspecified atom stereocenters. The van der Waals surface area contributed by atoms with Crippen LogP contribution in [0, 0.1) is 11.8 Å². The maximum Gasteiger partial charge on any atom is 0.320 e. The third-order valence-electron chi connectivity index (χ3n) is 1.90. The summed E-state index contributed by atoms with van der Waals surface area (Å²) in [5, 5.41) is 8.78. The lowest BCUT2D eigenvalue weighted by atomic mass is 9.98. The molecule has 4 nitrogen and oxygen atoms in total. The summed E-state index contributed by atoms with van der Waals surface area (Å²) in [6, 6.07) is 0. The number of carboxylic acids is 1. The zero-order valence-corrected chi connectivity index (χ0v) is 8.95. The summed E-state index contributed by atoms with van der Waals surface area (Å²) in [5.41, 5.74) is 0. The Balaban J connectivity index is 4.15. The van der Waals surface area contributed by atoms with Gasteiger partial charge in [0.15, 0.2) is 5.92 Å². The zero-order valence-electron chi connectivity index (χ0n) is 8.95. The summed E-state index contributed by atoms with van der Waals surface area (Å²) in [6.07, 6.45) is 1.07. The SMILES string of the molecule is CCOC(=O)C(CCC(C)C)C(=O)O. The quantitative estimate of drug-likeness (QED) is 0.526.